The predicted octanol–water partition coefficient (Wildman–Crippen LogP) is 4.78. The Labute approximate surface area is 353 Å². The molecule has 3 aliphatic heterocycles. The maximum atomic E-state index is 13.2. The van der Waals surface area contributed by atoms with Gasteiger partial charge in [-0.2, -0.15) is 5.26 Å². The van der Waals surface area contributed by atoms with Crippen LogP contribution in [0.2, 0.25) is 0 Å². The summed E-state index contributed by atoms with van der Waals surface area (Å²) in [5.74, 6) is 0.462. The van der Waals surface area contributed by atoms with Crippen molar-refractivity contribution in [2.45, 2.75) is 94.5 Å². The SMILES string of the molecule is CN(CC1CCN(c2ccc(C(=O)NC3CCC(Oc4ccc(C#N)c5ncccc45)CC3)cn2)CC1)C1CC(Oc2ccc3c(c2)C(=O)N(C2CCC(=O)NC2=O)C3=O)C1. The lowest BCUT2D eigenvalue weighted by Crippen LogP contribution is -2.54. The maximum Gasteiger partial charge on any atom is 0.262 e. The van der Waals surface area contributed by atoms with Gasteiger partial charge in [-0.15, -0.1) is 0 Å². The van der Waals surface area contributed by atoms with E-state index >= 15 is 0 Å². The van der Waals surface area contributed by atoms with Gasteiger partial charge in [0, 0.05) is 68.8 Å². The minimum Gasteiger partial charge on any atom is -0.490 e. The molecule has 5 heterocycles. The van der Waals surface area contributed by atoms with Crippen molar-refractivity contribution >= 4 is 46.3 Å². The average molecular weight is 825 g/mol. The van der Waals surface area contributed by atoms with Crippen LogP contribution >= 0.6 is 0 Å². The fraction of sp³-hybridized carbons (Fsp3) is 0.435. The van der Waals surface area contributed by atoms with Gasteiger partial charge < -0.3 is 24.6 Å². The van der Waals surface area contributed by atoms with Crippen LogP contribution in [0.25, 0.3) is 10.9 Å². The number of nitriles is 1. The third-order valence-corrected chi connectivity index (χ3v) is 13.1. The molecule has 9 rings (SSSR count). The topological polar surface area (TPSA) is 187 Å². The summed E-state index contributed by atoms with van der Waals surface area (Å²) in [6, 6.07) is 17.7. The van der Waals surface area contributed by atoms with E-state index in [2.05, 4.69) is 43.5 Å². The van der Waals surface area contributed by atoms with Crippen molar-refractivity contribution < 1.29 is 33.4 Å². The molecule has 15 nitrogen and oxygen atoms in total. The van der Waals surface area contributed by atoms with Gasteiger partial charge in [-0.25, -0.2) is 4.98 Å². The molecular formula is C46H48N8O7. The number of pyridine rings is 2. The number of amides is 5. The number of carbonyl (C=O) groups is 5. The van der Waals surface area contributed by atoms with E-state index < -0.39 is 29.7 Å². The fourth-order valence-electron chi connectivity index (χ4n) is 9.43. The first-order valence-electron chi connectivity index (χ1n) is 21.3. The van der Waals surface area contributed by atoms with E-state index in [1.54, 1.807) is 36.7 Å². The van der Waals surface area contributed by atoms with Crippen molar-refractivity contribution in [2.24, 2.45) is 5.92 Å². The summed E-state index contributed by atoms with van der Waals surface area (Å²) >= 11 is 0. The minimum absolute atomic E-state index is 0.00263. The number of hydrogen-bond acceptors (Lipinski definition) is 12. The Bertz CT molecular complexity index is 2410. The van der Waals surface area contributed by atoms with Crippen LogP contribution in [0.15, 0.2) is 67.0 Å². The van der Waals surface area contributed by atoms with Crippen molar-refractivity contribution in [2.75, 3.05) is 31.6 Å². The molecule has 0 radical (unpaired) electrons. The molecule has 1 atom stereocenters. The van der Waals surface area contributed by atoms with E-state index in [0.717, 1.165) is 92.9 Å². The zero-order chi connectivity index (χ0) is 42.2. The molecule has 5 aliphatic rings. The number of nitrogens with zero attached hydrogens (tertiary/aromatic N) is 6. The Morgan fingerprint density at radius 2 is 1.69 bits per heavy atom. The fourth-order valence-corrected chi connectivity index (χ4v) is 9.43. The molecule has 15 heteroatoms. The van der Waals surface area contributed by atoms with Gasteiger partial charge in [-0.1, -0.05) is 0 Å². The number of ether oxygens (including phenoxy) is 2. The number of hydrogen-bond donors (Lipinski definition) is 2. The molecule has 2 saturated carbocycles. The molecule has 2 aliphatic carbocycles. The van der Waals surface area contributed by atoms with Crippen LogP contribution in [0.4, 0.5) is 5.82 Å². The minimum atomic E-state index is -0.998. The summed E-state index contributed by atoms with van der Waals surface area (Å²) < 4.78 is 12.6. The number of imide groups is 2. The van der Waals surface area contributed by atoms with E-state index in [1.807, 2.05) is 30.3 Å². The van der Waals surface area contributed by atoms with Gasteiger partial charge in [0.15, 0.2) is 0 Å². The molecule has 4 fully saturated rings. The second-order valence-corrected chi connectivity index (χ2v) is 17.0. The number of fused-ring (bicyclic) bond motifs is 2. The summed E-state index contributed by atoms with van der Waals surface area (Å²) in [4.78, 5) is 78.1. The monoisotopic (exact) mass is 824 g/mol. The Kier molecular flexibility index (Phi) is 11.1. The first-order valence-corrected chi connectivity index (χ1v) is 21.3. The molecule has 5 amide bonds. The Morgan fingerprint density at radius 3 is 2.43 bits per heavy atom. The molecule has 61 heavy (non-hydrogen) atoms. The van der Waals surface area contributed by atoms with Gasteiger partial charge in [-0.05, 0) is 113 Å². The van der Waals surface area contributed by atoms with Crippen LogP contribution in [0.5, 0.6) is 11.5 Å². The standard InChI is InChI=1S/C46H48N8O7/c1-52(31-21-34(22-31)60-33-10-11-35-37(23-33)46(59)54(45(35)58)38-12-15-41(55)51-44(38)57)26-27-16-19-53(20-17-27)40-14-5-29(25-49-40)43(56)50-30-6-8-32(9-7-30)61-39-13-4-28(24-47)42-36(39)3-2-18-48-42/h2-5,10-11,13-14,18,23,25,27,30-32,34,38H,6-9,12,15-17,19-22,26H2,1H3,(H,50,56)(H,51,55,57). The molecule has 2 N–H and O–H groups in total. The summed E-state index contributed by atoms with van der Waals surface area (Å²) in [7, 11) is 2.16. The second kappa shape index (κ2) is 16.9. The van der Waals surface area contributed by atoms with E-state index in [-0.39, 0.29) is 48.1 Å². The van der Waals surface area contributed by atoms with Crippen molar-refractivity contribution in [3.8, 4) is 17.6 Å². The highest BCUT2D eigenvalue weighted by Gasteiger charge is 2.45. The molecule has 0 bridgehead atoms. The van der Waals surface area contributed by atoms with Crippen LogP contribution < -0.4 is 25.0 Å². The Hall–Kier alpha value is -6.40. The van der Waals surface area contributed by atoms with E-state index in [9.17, 15) is 29.2 Å². The quantitative estimate of drug-likeness (QED) is 0.198. The molecular weight excluding hydrogens is 777 g/mol. The highest BCUT2D eigenvalue weighted by Crippen LogP contribution is 2.35. The molecule has 0 spiro atoms. The van der Waals surface area contributed by atoms with Crippen molar-refractivity contribution in [1.82, 2.24) is 30.4 Å². The van der Waals surface area contributed by atoms with Gasteiger partial charge in [0.2, 0.25) is 11.8 Å². The predicted molar refractivity (Wildman–Crippen MR) is 223 cm³/mol. The first-order chi connectivity index (χ1) is 29.6. The summed E-state index contributed by atoms with van der Waals surface area (Å²) in [5, 5.41) is 15.7. The van der Waals surface area contributed by atoms with Gasteiger partial charge in [0.05, 0.1) is 33.9 Å². The lowest BCUT2D eigenvalue weighted by atomic mass is 9.86. The van der Waals surface area contributed by atoms with Crippen LogP contribution in [-0.2, 0) is 9.59 Å². The van der Waals surface area contributed by atoms with E-state index in [0.29, 0.717) is 34.4 Å². The Balaban J connectivity index is 0.685. The first kappa shape index (κ1) is 40.0. The third kappa shape index (κ3) is 8.24. The number of carbonyl (C=O) groups excluding carboxylic acids is 5. The Morgan fingerprint density at radius 1 is 0.902 bits per heavy atom. The zero-order valence-corrected chi connectivity index (χ0v) is 34.0. The summed E-state index contributed by atoms with van der Waals surface area (Å²) in [6.07, 6.45) is 10.6. The summed E-state index contributed by atoms with van der Waals surface area (Å²) in [6.45, 7) is 2.78. The lowest BCUT2D eigenvalue weighted by Gasteiger charge is -2.43. The molecule has 4 aromatic rings. The van der Waals surface area contributed by atoms with Crippen molar-refractivity contribution in [3.05, 3.63) is 89.2 Å². The van der Waals surface area contributed by atoms with Gasteiger partial charge >= 0.3 is 0 Å². The zero-order valence-electron chi connectivity index (χ0n) is 34.0. The normalized spacial score (nSPS) is 24.2. The highest BCUT2D eigenvalue weighted by atomic mass is 16.5. The van der Waals surface area contributed by atoms with Crippen LogP contribution in [0.3, 0.4) is 0 Å². The van der Waals surface area contributed by atoms with Crippen LogP contribution in [0, 0.1) is 17.2 Å². The number of nitrogens with one attached hydrogen (secondary N) is 2. The number of anilines is 1. The van der Waals surface area contributed by atoms with Crippen LogP contribution in [-0.4, -0.2) is 106 Å². The maximum absolute atomic E-state index is 13.2. The van der Waals surface area contributed by atoms with E-state index in [4.69, 9.17) is 9.47 Å². The third-order valence-electron chi connectivity index (χ3n) is 13.1. The van der Waals surface area contributed by atoms with Crippen molar-refractivity contribution in [3.63, 3.8) is 0 Å². The second-order valence-electron chi connectivity index (χ2n) is 17.0. The van der Waals surface area contributed by atoms with Crippen LogP contribution in [0.1, 0.15) is 101 Å². The molecule has 314 valence electrons. The highest BCUT2D eigenvalue weighted by molar-refractivity contribution is 6.23. The van der Waals surface area contributed by atoms with Gasteiger partial charge in [-0.3, -0.25) is 39.2 Å². The molecule has 2 saturated heterocycles. The largest absolute Gasteiger partial charge is 0.490 e. The number of piperidine rings is 2. The lowest BCUT2D eigenvalue weighted by molar-refractivity contribution is -0.136. The number of aromatic nitrogens is 2. The van der Waals surface area contributed by atoms with Crippen molar-refractivity contribution in [1.29, 1.82) is 5.26 Å². The average Bonchev–Trinajstić information content (AvgIpc) is 3.50. The number of benzene rings is 2. The molecule has 2 aromatic carbocycles. The number of rotatable bonds is 11. The molecule has 1 unspecified atom stereocenters. The summed E-state index contributed by atoms with van der Waals surface area (Å²) in [5.41, 5.74) is 2.17. The van der Waals surface area contributed by atoms with Gasteiger partial charge in [0.25, 0.3) is 17.7 Å². The van der Waals surface area contributed by atoms with Gasteiger partial charge in [0.1, 0.15) is 35.5 Å². The molecule has 2 aromatic heterocycles. The smallest absolute Gasteiger partial charge is 0.262 e. The van der Waals surface area contributed by atoms with E-state index in [1.165, 1.54) is 0 Å².